The van der Waals surface area contributed by atoms with Crippen molar-refractivity contribution in [3.63, 3.8) is 0 Å². The maximum Gasteiger partial charge on any atom is 0.207 e. The summed E-state index contributed by atoms with van der Waals surface area (Å²) in [5.74, 6) is 0.834. The summed E-state index contributed by atoms with van der Waals surface area (Å²) in [6.45, 7) is 4.38. The van der Waals surface area contributed by atoms with Gasteiger partial charge in [-0.3, -0.25) is 4.57 Å². The fourth-order valence-corrected chi connectivity index (χ4v) is 1.39. The van der Waals surface area contributed by atoms with Gasteiger partial charge in [0.15, 0.2) is 0 Å². The van der Waals surface area contributed by atoms with Crippen molar-refractivity contribution in [3.8, 4) is 5.69 Å². The first kappa shape index (κ1) is 9.52. The number of anilines is 1. The van der Waals surface area contributed by atoms with Gasteiger partial charge in [-0.05, 0) is 12.1 Å². The van der Waals surface area contributed by atoms with E-state index in [1.807, 2.05) is 47.2 Å². The number of hydrogen-bond donors (Lipinski definition) is 1. The number of rotatable bonds is 4. The van der Waals surface area contributed by atoms with E-state index >= 15 is 0 Å². The third-order valence-corrected chi connectivity index (χ3v) is 2.08. The lowest BCUT2D eigenvalue weighted by Crippen LogP contribution is -2.05. The van der Waals surface area contributed by atoms with Gasteiger partial charge in [0.1, 0.15) is 0 Å². The van der Waals surface area contributed by atoms with Crippen molar-refractivity contribution in [3.05, 3.63) is 55.4 Å². The zero-order valence-corrected chi connectivity index (χ0v) is 8.43. The first-order chi connectivity index (χ1) is 7.42. The van der Waals surface area contributed by atoms with E-state index in [4.69, 9.17) is 0 Å². The number of nitrogens with one attached hydrogen (secondary N) is 1. The topological polar surface area (TPSA) is 29.9 Å². The number of imidazole rings is 1. The molecule has 0 aliphatic carbocycles. The molecule has 0 saturated carbocycles. The Labute approximate surface area is 89.1 Å². The Morgan fingerprint density at radius 3 is 2.87 bits per heavy atom. The third-order valence-electron chi connectivity index (χ3n) is 2.08. The standard InChI is InChI=1S/C12H13N3/c1-2-8-13-12-14-9-10-15(12)11-6-4-3-5-7-11/h2-7,9-10H,1,8H2,(H,13,14). The van der Waals surface area contributed by atoms with Crippen molar-refractivity contribution >= 4 is 5.95 Å². The quantitative estimate of drug-likeness (QED) is 0.766. The Kier molecular flexibility index (Phi) is 2.83. The molecule has 3 nitrogen and oxygen atoms in total. The monoisotopic (exact) mass is 199 g/mol. The minimum absolute atomic E-state index is 0.712. The molecule has 15 heavy (non-hydrogen) atoms. The third kappa shape index (κ3) is 2.07. The molecule has 0 saturated heterocycles. The van der Waals surface area contributed by atoms with Crippen LogP contribution in [-0.2, 0) is 0 Å². The fourth-order valence-electron chi connectivity index (χ4n) is 1.39. The molecule has 1 N–H and O–H groups in total. The van der Waals surface area contributed by atoms with Gasteiger partial charge in [0.2, 0.25) is 5.95 Å². The highest BCUT2D eigenvalue weighted by Gasteiger charge is 2.01. The van der Waals surface area contributed by atoms with E-state index in [9.17, 15) is 0 Å². The maximum atomic E-state index is 4.23. The Hall–Kier alpha value is -2.03. The van der Waals surface area contributed by atoms with Crippen LogP contribution in [0.3, 0.4) is 0 Å². The number of benzene rings is 1. The lowest BCUT2D eigenvalue weighted by Gasteiger charge is -2.07. The smallest absolute Gasteiger partial charge is 0.207 e. The van der Waals surface area contributed by atoms with Crippen LogP contribution < -0.4 is 5.32 Å². The molecule has 0 atom stereocenters. The molecule has 1 aromatic carbocycles. The summed E-state index contributed by atoms with van der Waals surface area (Å²) < 4.78 is 2.00. The molecule has 2 aromatic rings. The number of aromatic nitrogens is 2. The number of nitrogens with zero attached hydrogens (tertiary/aromatic N) is 2. The highest BCUT2D eigenvalue weighted by atomic mass is 15.2. The second-order valence-electron chi connectivity index (χ2n) is 3.13. The highest BCUT2D eigenvalue weighted by molar-refractivity contribution is 5.41. The van der Waals surface area contributed by atoms with Gasteiger partial charge >= 0.3 is 0 Å². The van der Waals surface area contributed by atoms with Crippen LogP contribution in [0.1, 0.15) is 0 Å². The molecule has 1 aromatic heterocycles. The van der Waals surface area contributed by atoms with E-state index in [2.05, 4.69) is 16.9 Å². The van der Waals surface area contributed by atoms with Crippen LogP contribution in [0.25, 0.3) is 5.69 Å². The van der Waals surface area contributed by atoms with Gasteiger partial charge in [-0.2, -0.15) is 0 Å². The summed E-state index contributed by atoms with van der Waals surface area (Å²) in [5.41, 5.74) is 1.10. The summed E-state index contributed by atoms with van der Waals surface area (Å²) in [4.78, 5) is 4.23. The molecule has 0 amide bonds. The SMILES string of the molecule is C=CCNc1nccn1-c1ccccc1. The Balaban J connectivity index is 2.29. The molecule has 0 aliphatic heterocycles. The molecule has 2 rings (SSSR count). The van der Waals surface area contributed by atoms with Gasteiger partial charge in [0, 0.05) is 24.6 Å². The normalized spacial score (nSPS) is 9.87. The van der Waals surface area contributed by atoms with Gasteiger partial charge in [0.05, 0.1) is 0 Å². The van der Waals surface area contributed by atoms with Crippen molar-refractivity contribution in [2.75, 3.05) is 11.9 Å². The van der Waals surface area contributed by atoms with Crippen LogP contribution in [0, 0.1) is 0 Å². The maximum absolute atomic E-state index is 4.23. The summed E-state index contributed by atoms with van der Waals surface area (Å²) in [6, 6.07) is 10.1. The lowest BCUT2D eigenvalue weighted by molar-refractivity contribution is 1.04. The Morgan fingerprint density at radius 1 is 1.33 bits per heavy atom. The molecule has 76 valence electrons. The molecule has 0 aliphatic rings. The van der Waals surface area contributed by atoms with Gasteiger partial charge in [0.25, 0.3) is 0 Å². The van der Waals surface area contributed by atoms with E-state index in [1.165, 1.54) is 0 Å². The first-order valence-corrected chi connectivity index (χ1v) is 4.85. The van der Waals surface area contributed by atoms with E-state index < -0.39 is 0 Å². The molecule has 0 bridgehead atoms. The molecular formula is C12H13N3. The summed E-state index contributed by atoms with van der Waals surface area (Å²) >= 11 is 0. The van der Waals surface area contributed by atoms with Crippen LogP contribution in [0.2, 0.25) is 0 Å². The van der Waals surface area contributed by atoms with E-state index in [-0.39, 0.29) is 0 Å². The van der Waals surface area contributed by atoms with Crippen LogP contribution in [0.5, 0.6) is 0 Å². The molecule has 0 fully saturated rings. The Morgan fingerprint density at radius 2 is 2.13 bits per heavy atom. The van der Waals surface area contributed by atoms with E-state index in [1.54, 1.807) is 6.20 Å². The average molecular weight is 199 g/mol. The zero-order valence-electron chi connectivity index (χ0n) is 8.43. The first-order valence-electron chi connectivity index (χ1n) is 4.85. The number of para-hydroxylation sites is 1. The molecule has 0 radical (unpaired) electrons. The van der Waals surface area contributed by atoms with Crippen molar-refractivity contribution in [1.29, 1.82) is 0 Å². The Bertz CT molecular complexity index is 431. The summed E-state index contributed by atoms with van der Waals surface area (Å²) in [5, 5.41) is 3.18. The zero-order chi connectivity index (χ0) is 10.5. The van der Waals surface area contributed by atoms with Crippen LogP contribution >= 0.6 is 0 Å². The minimum Gasteiger partial charge on any atom is -0.352 e. The van der Waals surface area contributed by atoms with Crippen molar-refractivity contribution < 1.29 is 0 Å². The molecule has 0 unspecified atom stereocenters. The van der Waals surface area contributed by atoms with Crippen molar-refractivity contribution in [2.45, 2.75) is 0 Å². The lowest BCUT2D eigenvalue weighted by atomic mass is 10.3. The summed E-state index contributed by atoms with van der Waals surface area (Å²) in [7, 11) is 0. The summed E-state index contributed by atoms with van der Waals surface area (Å²) in [6.07, 6.45) is 5.52. The van der Waals surface area contributed by atoms with E-state index in [0.29, 0.717) is 6.54 Å². The van der Waals surface area contributed by atoms with Crippen LogP contribution in [-0.4, -0.2) is 16.1 Å². The predicted octanol–water partition coefficient (Wildman–Crippen LogP) is 2.47. The molecule has 1 heterocycles. The number of hydrogen-bond acceptors (Lipinski definition) is 2. The second kappa shape index (κ2) is 4.46. The minimum atomic E-state index is 0.712. The highest BCUT2D eigenvalue weighted by Crippen LogP contribution is 2.13. The van der Waals surface area contributed by atoms with Crippen molar-refractivity contribution in [1.82, 2.24) is 9.55 Å². The van der Waals surface area contributed by atoms with Crippen LogP contribution in [0.15, 0.2) is 55.4 Å². The molecule has 3 heteroatoms. The van der Waals surface area contributed by atoms with Gasteiger partial charge in [-0.25, -0.2) is 4.98 Å². The average Bonchev–Trinajstić information content (AvgIpc) is 2.75. The largest absolute Gasteiger partial charge is 0.352 e. The van der Waals surface area contributed by atoms with Gasteiger partial charge < -0.3 is 5.32 Å². The van der Waals surface area contributed by atoms with E-state index in [0.717, 1.165) is 11.6 Å². The van der Waals surface area contributed by atoms with Gasteiger partial charge in [-0.1, -0.05) is 24.3 Å². The van der Waals surface area contributed by atoms with Crippen molar-refractivity contribution in [2.24, 2.45) is 0 Å². The molecule has 0 spiro atoms. The fraction of sp³-hybridized carbons (Fsp3) is 0.0833. The second-order valence-corrected chi connectivity index (χ2v) is 3.13. The van der Waals surface area contributed by atoms with Crippen LogP contribution in [0.4, 0.5) is 5.95 Å². The van der Waals surface area contributed by atoms with Gasteiger partial charge in [-0.15, -0.1) is 6.58 Å². The molecular weight excluding hydrogens is 186 g/mol. The predicted molar refractivity (Wildman–Crippen MR) is 62.3 cm³/mol.